The SMILES string of the molecule is COC(C)(OC)[SiH2]C(C)[SiH2]C(C)(OC)OC. The van der Waals surface area contributed by atoms with Crippen LogP contribution in [0.15, 0.2) is 0 Å². The maximum atomic E-state index is 5.42. The summed E-state index contributed by atoms with van der Waals surface area (Å²) in [6.07, 6.45) is 0. The Kier molecular flexibility index (Phi) is 6.99. The predicted octanol–water partition coefficient (Wildman–Crippen LogP) is 0.0229. The molecule has 0 aromatic rings. The van der Waals surface area contributed by atoms with E-state index in [9.17, 15) is 0 Å². The first-order valence-corrected chi connectivity index (χ1v) is 8.60. The number of methoxy groups -OCH3 is 4. The van der Waals surface area contributed by atoms with E-state index >= 15 is 0 Å². The van der Waals surface area contributed by atoms with E-state index in [2.05, 4.69) is 6.92 Å². The van der Waals surface area contributed by atoms with E-state index in [1.807, 2.05) is 13.8 Å². The molecule has 0 saturated heterocycles. The quantitative estimate of drug-likeness (QED) is 0.459. The minimum Gasteiger partial charge on any atom is -0.358 e. The summed E-state index contributed by atoms with van der Waals surface area (Å²) in [5.41, 5.74) is -0.733. The molecule has 0 rings (SSSR count). The third-order valence-corrected chi connectivity index (χ3v) is 8.93. The lowest BCUT2D eigenvalue weighted by molar-refractivity contribution is -0.133. The Morgan fingerprint density at radius 2 is 1.00 bits per heavy atom. The first-order chi connectivity index (χ1) is 7.34. The fraction of sp³-hybridized carbons (Fsp3) is 1.00. The third-order valence-electron chi connectivity index (χ3n) is 3.17. The fourth-order valence-corrected chi connectivity index (χ4v) is 8.76. The summed E-state index contributed by atoms with van der Waals surface area (Å²) < 4.78 is 21.7. The van der Waals surface area contributed by atoms with Crippen LogP contribution in [-0.4, -0.2) is 58.3 Å². The summed E-state index contributed by atoms with van der Waals surface area (Å²) in [7, 11) is 5.84. The molecule has 0 spiro atoms. The molecule has 0 heterocycles. The van der Waals surface area contributed by atoms with E-state index < -0.39 is 19.0 Å². The molecule has 0 saturated carbocycles. The van der Waals surface area contributed by atoms with Crippen LogP contribution in [0.3, 0.4) is 0 Å². The maximum absolute atomic E-state index is 5.42. The van der Waals surface area contributed by atoms with Crippen molar-refractivity contribution in [2.75, 3.05) is 28.4 Å². The Hall–Kier alpha value is 0.274. The second-order valence-electron chi connectivity index (χ2n) is 4.60. The zero-order chi connectivity index (χ0) is 12.8. The highest BCUT2D eigenvalue weighted by Crippen LogP contribution is 2.20. The summed E-state index contributed by atoms with van der Waals surface area (Å²) in [6.45, 7) is 6.28. The molecule has 0 aromatic carbocycles. The average Bonchev–Trinajstić information content (AvgIpc) is 2.28. The van der Waals surface area contributed by atoms with Gasteiger partial charge in [-0.05, 0) is 13.8 Å². The van der Waals surface area contributed by atoms with Gasteiger partial charge in [0.15, 0.2) is 0 Å². The van der Waals surface area contributed by atoms with Crippen LogP contribution in [0.1, 0.15) is 20.8 Å². The van der Waals surface area contributed by atoms with Gasteiger partial charge in [-0.3, -0.25) is 0 Å². The second kappa shape index (κ2) is 6.88. The van der Waals surface area contributed by atoms with Crippen LogP contribution < -0.4 is 0 Å². The molecular weight excluding hydrogens is 240 g/mol. The van der Waals surface area contributed by atoms with Crippen molar-refractivity contribution in [2.24, 2.45) is 0 Å². The third kappa shape index (κ3) is 5.07. The van der Waals surface area contributed by atoms with E-state index in [0.717, 1.165) is 0 Å². The Morgan fingerprint density at radius 3 is 1.19 bits per heavy atom. The number of rotatable bonds is 8. The predicted molar refractivity (Wildman–Crippen MR) is 71.4 cm³/mol. The summed E-state index contributed by atoms with van der Waals surface area (Å²) in [6, 6.07) is 0. The van der Waals surface area contributed by atoms with Gasteiger partial charge in [-0.2, -0.15) is 0 Å². The highest BCUT2D eigenvalue weighted by atomic mass is 28.3. The molecule has 4 nitrogen and oxygen atoms in total. The molecule has 0 aliphatic rings. The van der Waals surface area contributed by atoms with Gasteiger partial charge in [0, 0.05) is 28.4 Å². The molecule has 16 heavy (non-hydrogen) atoms. The number of ether oxygens (including phenoxy) is 4. The highest BCUT2D eigenvalue weighted by molar-refractivity contribution is 6.61. The van der Waals surface area contributed by atoms with Gasteiger partial charge < -0.3 is 18.9 Å². The molecule has 0 radical (unpaired) electrons. The lowest BCUT2D eigenvalue weighted by Gasteiger charge is -2.33. The zero-order valence-corrected chi connectivity index (χ0v) is 14.5. The standard InChI is InChI=1S/C10H26O4Si2/c1-8(15-9(2,11-4)12-5)16-10(3,13-6)14-7/h8H,15-16H2,1-7H3. The van der Waals surface area contributed by atoms with Gasteiger partial charge in [0.05, 0.1) is 19.0 Å². The minimum atomic E-state index is -0.488. The molecule has 6 heteroatoms. The Balaban J connectivity index is 4.31. The number of hydrogen-bond acceptors (Lipinski definition) is 4. The minimum absolute atomic E-state index is 0.366. The van der Waals surface area contributed by atoms with Crippen LogP contribution in [0, 0.1) is 0 Å². The monoisotopic (exact) mass is 266 g/mol. The van der Waals surface area contributed by atoms with Gasteiger partial charge in [-0.1, -0.05) is 12.1 Å². The van der Waals surface area contributed by atoms with Crippen LogP contribution in [0.4, 0.5) is 0 Å². The van der Waals surface area contributed by atoms with Gasteiger partial charge >= 0.3 is 0 Å². The molecule has 0 bridgehead atoms. The van der Waals surface area contributed by atoms with Gasteiger partial charge in [0.2, 0.25) is 0 Å². The summed E-state index contributed by atoms with van der Waals surface area (Å²) in [4.78, 5) is 0. The van der Waals surface area contributed by atoms with Crippen molar-refractivity contribution in [3.05, 3.63) is 0 Å². The van der Waals surface area contributed by atoms with Gasteiger partial charge in [-0.25, -0.2) is 0 Å². The molecule has 0 fully saturated rings. The van der Waals surface area contributed by atoms with Gasteiger partial charge in [0.25, 0.3) is 0 Å². The zero-order valence-electron chi connectivity index (χ0n) is 11.6. The fourth-order valence-electron chi connectivity index (χ4n) is 1.84. The average molecular weight is 266 g/mol. The number of hydrogen-bond donors (Lipinski definition) is 0. The van der Waals surface area contributed by atoms with E-state index in [0.29, 0.717) is 5.16 Å². The highest BCUT2D eigenvalue weighted by Gasteiger charge is 2.32. The topological polar surface area (TPSA) is 36.9 Å². The lowest BCUT2D eigenvalue weighted by atomic mass is 10.7. The molecule has 0 N–H and O–H groups in total. The lowest BCUT2D eigenvalue weighted by Crippen LogP contribution is -2.45. The Labute approximate surface area is 104 Å². The first-order valence-electron chi connectivity index (χ1n) is 5.55. The first kappa shape index (κ1) is 16.3. The largest absolute Gasteiger partial charge is 0.358 e. The Bertz CT molecular complexity index is 173. The van der Waals surface area contributed by atoms with Gasteiger partial charge in [-0.15, -0.1) is 0 Å². The summed E-state index contributed by atoms with van der Waals surface area (Å²) in [5, 5.41) is 0.648. The molecular formula is C10H26O4Si2. The van der Waals surface area contributed by atoms with Crippen LogP contribution in [0.2, 0.25) is 5.16 Å². The van der Waals surface area contributed by atoms with Crippen LogP contribution in [0.25, 0.3) is 0 Å². The van der Waals surface area contributed by atoms with E-state index in [1.165, 1.54) is 0 Å². The molecule has 0 aliphatic heterocycles. The van der Waals surface area contributed by atoms with Crippen LogP contribution >= 0.6 is 0 Å². The van der Waals surface area contributed by atoms with Crippen molar-refractivity contribution >= 4 is 19.0 Å². The molecule has 0 unspecified atom stereocenters. The van der Waals surface area contributed by atoms with E-state index in [4.69, 9.17) is 18.9 Å². The van der Waals surface area contributed by atoms with E-state index in [-0.39, 0.29) is 10.8 Å². The van der Waals surface area contributed by atoms with Crippen molar-refractivity contribution in [2.45, 2.75) is 36.8 Å². The maximum Gasteiger partial charge on any atom is 0.141 e. The van der Waals surface area contributed by atoms with Gasteiger partial charge in [0.1, 0.15) is 10.8 Å². The van der Waals surface area contributed by atoms with Crippen molar-refractivity contribution in [1.82, 2.24) is 0 Å². The van der Waals surface area contributed by atoms with Crippen molar-refractivity contribution in [3.63, 3.8) is 0 Å². The molecule has 98 valence electrons. The van der Waals surface area contributed by atoms with Crippen molar-refractivity contribution in [1.29, 1.82) is 0 Å². The summed E-state index contributed by atoms with van der Waals surface area (Å²) >= 11 is 0. The van der Waals surface area contributed by atoms with Crippen LogP contribution in [-0.2, 0) is 18.9 Å². The molecule has 0 aliphatic carbocycles. The second-order valence-corrected chi connectivity index (χ2v) is 11.9. The Morgan fingerprint density at radius 1 is 0.750 bits per heavy atom. The van der Waals surface area contributed by atoms with Crippen LogP contribution in [0.5, 0.6) is 0 Å². The molecule has 0 atom stereocenters. The van der Waals surface area contributed by atoms with Crippen molar-refractivity contribution < 1.29 is 18.9 Å². The molecule has 0 amide bonds. The van der Waals surface area contributed by atoms with E-state index in [1.54, 1.807) is 28.4 Å². The molecule has 0 aromatic heterocycles. The smallest absolute Gasteiger partial charge is 0.141 e. The normalized spacial score (nSPS) is 16.7. The summed E-state index contributed by atoms with van der Waals surface area (Å²) in [5.74, 6) is 0. The van der Waals surface area contributed by atoms with Crippen molar-refractivity contribution in [3.8, 4) is 0 Å².